The number of para-hydroxylation sites is 1. The van der Waals surface area contributed by atoms with Gasteiger partial charge in [-0.05, 0) is 115 Å². The molecule has 0 radical (unpaired) electrons. The summed E-state index contributed by atoms with van der Waals surface area (Å²) in [6.45, 7) is 4.14. The maximum Gasteiger partial charge on any atom is 0.341 e. The van der Waals surface area contributed by atoms with Gasteiger partial charge in [-0.25, -0.2) is 48.9 Å². The quantitative estimate of drug-likeness (QED) is 0.0154. The number of ether oxygens (including phenoxy) is 5. The summed E-state index contributed by atoms with van der Waals surface area (Å²) < 4.78 is 33.9. The third-order valence-corrected chi connectivity index (χ3v) is 24.7. The molecule has 1 fully saturated rings. The molecule has 0 unspecified atom stereocenters. The molecule has 5 aromatic heterocycles. The van der Waals surface area contributed by atoms with Crippen molar-refractivity contribution in [2.24, 2.45) is 0 Å². The highest BCUT2D eigenvalue weighted by Crippen LogP contribution is 2.43. The van der Waals surface area contributed by atoms with Crippen LogP contribution < -0.4 is 0 Å². The molecule has 10 N–H and O–H groups in total. The zero-order chi connectivity index (χ0) is 97.1. The predicted octanol–water partition coefficient (Wildman–Crippen LogP) is 18.7. The zero-order valence-electron chi connectivity index (χ0n) is 74.6. The van der Waals surface area contributed by atoms with Crippen molar-refractivity contribution in [3.63, 3.8) is 0 Å². The number of rotatable bonds is 29. The Morgan fingerprint density at radius 3 is 0.970 bits per heavy atom. The molecule has 1 aliphatic rings. The first-order chi connectivity index (χ1) is 65.0. The molecule has 35 heteroatoms. The van der Waals surface area contributed by atoms with Gasteiger partial charge in [0.15, 0.2) is 0 Å². The maximum absolute atomic E-state index is 12.1. The zero-order valence-corrected chi connectivity index (χ0v) is 78.3. The smallest absolute Gasteiger partial charge is 0.341 e. The largest absolute Gasteiger partial charge is 0.507 e. The topological polar surface area (TPSA) is 423 Å². The van der Waals surface area contributed by atoms with Gasteiger partial charge in [0.2, 0.25) is 0 Å². The molecule has 0 atom stereocenters. The second-order valence-electron chi connectivity index (χ2n) is 31.1. The molecule has 5 heterocycles. The van der Waals surface area contributed by atoms with E-state index in [9.17, 15) is 75.0 Å². The number of phenols is 10. The Labute approximate surface area is 803 Å². The molecule has 1 saturated carbocycles. The number of aromatic nitrogens is 10. The summed E-state index contributed by atoms with van der Waals surface area (Å²) in [5.41, 5.74) is 7.18. The standard InChI is InChI=1S/2C21H21ClN2O4.C20H19ClN2O4.C19H23ClN2O4.C19H17ClN2O4/c1-13-3-5-14(6-4-13)12-24-10-9-23-18(24)8-7-15-19(21(27)28-2)16(25)11-17(26)20(15)22;1-28-21(27)19-15(20(22)17(26)13-16(19)25)7-8-18-23-10-12-24(18)11-9-14-5-3-2-4-6-14;1-27-20(26)18-14(19(21)16(25)11-15(18)24)7-8-17-22-9-10-23(17)12-13-5-3-2-4-6-13;2*1-26-19(25)17-13(18(20)15(24)11-14(17)23)7-8-16-21-9-10-22(16)12-5-3-2-4-6-12/h3-6,9-11,25-26H,7-8,12H2,1-2H3;2-6,10,12-13,25-26H,7-9,11H2,1H3;2-6,9-11,24-25H,7-8,12H2,1H3;9-12,23-24H,2-8H2,1H3;2-6,9-11,23-24H,7-8H2,1H3. The van der Waals surface area contributed by atoms with Gasteiger partial charge in [-0.15, -0.1) is 0 Å². The molecule has 0 bridgehead atoms. The third kappa shape index (κ3) is 25.8. The first-order valence-electron chi connectivity index (χ1n) is 42.8. The van der Waals surface area contributed by atoms with E-state index in [1.807, 2.05) is 135 Å². The van der Waals surface area contributed by atoms with Crippen LogP contribution in [0.4, 0.5) is 0 Å². The second-order valence-corrected chi connectivity index (χ2v) is 33.0. The summed E-state index contributed by atoms with van der Waals surface area (Å²) in [5, 5.41) is 100. The second kappa shape index (κ2) is 48.5. The fraction of sp³-hybridized carbons (Fsp3) is 0.260. The van der Waals surface area contributed by atoms with Crippen LogP contribution in [0.2, 0.25) is 25.1 Å². The van der Waals surface area contributed by atoms with Crippen LogP contribution in [0.15, 0.2) is 208 Å². The van der Waals surface area contributed by atoms with E-state index in [0.717, 1.165) is 102 Å². The number of benzene rings is 9. The SMILES string of the molecule is COC(=O)c1c(O)cc(O)c(Cl)c1CCc1nccn1-c1ccccc1.COC(=O)c1c(O)cc(O)c(Cl)c1CCc1nccn1C1CCCCC1.COC(=O)c1c(O)cc(O)c(Cl)c1CCc1nccn1CCc1ccccc1.COC(=O)c1c(O)cc(O)c(Cl)c1CCc1nccn1Cc1ccc(C)cc1.COC(=O)c1c(O)cc(O)c(Cl)c1CCc1nccn1Cc1ccccc1. The van der Waals surface area contributed by atoms with Gasteiger partial charge < -0.3 is 97.6 Å². The van der Waals surface area contributed by atoms with Gasteiger partial charge in [0.05, 0.1) is 60.7 Å². The minimum atomic E-state index is -0.717. The number of aryl methyl sites for hydroxylation is 8. The Bertz CT molecular complexity index is 6440. The molecule has 0 saturated heterocycles. The van der Waals surface area contributed by atoms with E-state index >= 15 is 0 Å². The maximum atomic E-state index is 12.1. The Morgan fingerprint density at radius 2 is 0.607 bits per heavy atom. The number of imidazole rings is 5. The molecule has 9 aromatic carbocycles. The lowest BCUT2D eigenvalue weighted by molar-refractivity contribution is 0.0586. The number of carbonyl (C=O) groups excluding carboxylic acids is 5. The van der Waals surface area contributed by atoms with Crippen molar-refractivity contribution in [3.05, 3.63) is 340 Å². The summed E-state index contributed by atoms with van der Waals surface area (Å²) in [6, 6.07) is 43.7. The number of carbonyl (C=O) groups is 5. The van der Waals surface area contributed by atoms with Crippen molar-refractivity contribution < 1.29 is 98.7 Å². The van der Waals surface area contributed by atoms with Crippen LogP contribution >= 0.6 is 58.0 Å². The van der Waals surface area contributed by atoms with Gasteiger partial charge in [-0.1, -0.05) is 186 Å². The number of hydrogen-bond donors (Lipinski definition) is 10. The average molecular weight is 1940 g/mol. The van der Waals surface area contributed by atoms with Gasteiger partial charge in [0, 0.05) is 156 Å². The van der Waals surface area contributed by atoms with Crippen LogP contribution in [0.3, 0.4) is 0 Å². The molecule has 706 valence electrons. The molecule has 30 nitrogen and oxygen atoms in total. The van der Waals surface area contributed by atoms with E-state index in [4.69, 9.17) is 81.7 Å². The van der Waals surface area contributed by atoms with Crippen LogP contribution in [0.1, 0.15) is 169 Å². The van der Waals surface area contributed by atoms with E-state index in [2.05, 4.69) is 65.9 Å². The average Bonchev–Trinajstić information content (AvgIpc) is 1.16. The highest BCUT2D eigenvalue weighted by atomic mass is 35.5. The molecular formula is C100H101Cl5N10O20. The molecule has 135 heavy (non-hydrogen) atoms. The summed E-state index contributed by atoms with van der Waals surface area (Å²) in [5.74, 6) is -2.67. The van der Waals surface area contributed by atoms with Crippen molar-refractivity contribution in [2.45, 2.75) is 135 Å². The number of esters is 5. The molecular weight excluding hydrogens is 1840 g/mol. The van der Waals surface area contributed by atoms with Gasteiger partial charge in [0.25, 0.3) is 0 Å². The highest BCUT2D eigenvalue weighted by molar-refractivity contribution is 6.35. The van der Waals surface area contributed by atoms with Crippen molar-refractivity contribution in [3.8, 4) is 63.2 Å². The normalized spacial score (nSPS) is 11.6. The lowest BCUT2D eigenvalue weighted by Crippen LogP contribution is -2.16. The Balaban J connectivity index is 0.000000162. The molecule has 0 amide bonds. The first kappa shape index (κ1) is 101. The van der Waals surface area contributed by atoms with Crippen molar-refractivity contribution >= 4 is 87.9 Å². The molecule has 0 spiro atoms. The minimum absolute atomic E-state index is 0.00827. The van der Waals surface area contributed by atoms with Crippen LogP contribution in [-0.4, -0.2) is 164 Å². The molecule has 1 aliphatic carbocycles. The number of methoxy groups -OCH3 is 5. The minimum Gasteiger partial charge on any atom is -0.507 e. The number of halogens is 5. The third-order valence-electron chi connectivity index (χ3n) is 22.6. The van der Waals surface area contributed by atoms with E-state index in [1.165, 1.54) is 65.9 Å². The van der Waals surface area contributed by atoms with Gasteiger partial charge >= 0.3 is 29.8 Å². The predicted molar refractivity (Wildman–Crippen MR) is 508 cm³/mol. The van der Waals surface area contributed by atoms with Crippen LogP contribution in [0.25, 0.3) is 5.69 Å². The highest BCUT2D eigenvalue weighted by Gasteiger charge is 2.30. The van der Waals surface area contributed by atoms with Gasteiger partial charge in [0.1, 0.15) is 114 Å². The Morgan fingerprint density at radius 1 is 0.319 bits per heavy atom. The van der Waals surface area contributed by atoms with Gasteiger partial charge in [-0.3, -0.25) is 0 Å². The molecule has 14 aromatic rings. The van der Waals surface area contributed by atoms with Gasteiger partial charge in [-0.2, -0.15) is 0 Å². The summed E-state index contributed by atoms with van der Waals surface area (Å²) in [6.07, 6.45) is 28.9. The number of nitrogens with zero attached hydrogens (tertiary/aromatic N) is 10. The van der Waals surface area contributed by atoms with Crippen LogP contribution in [0.5, 0.6) is 57.5 Å². The monoisotopic (exact) mass is 1940 g/mol. The molecule has 0 aliphatic heterocycles. The molecule has 15 rings (SSSR count). The summed E-state index contributed by atoms with van der Waals surface area (Å²) >= 11 is 31.0. The Hall–Kier alpha value is -14.2. The van der Waals surface area contributed by atoms with Crippen LogP contribution in [0, 0.1) is 6.92 Å². The lowest BCUT2D eigenvalue weighted by atomic mass is 9.95. The fourth-order valence-corrected chi connectivity index (χ4v) is 17.0. The van der Waals surface area contributed by atoms with E-state index < -0.39 is 29.8 Å². The van der Waals surface area contributed by atoms with Crippen molar-refractivity contribution in [2.75, 3.05) is 35.5 Å². The van der Waals surface area contributed by atoms with Crippen molar-refractivity contribution in [1.29, 1.82) is 0 Å². The first-order valence-corrected chi connectivity index (χ1v) is 44.7. The summed E-state index contributed by atoms with van der Waals surface area (Å²) in [7, 11) is 6.12. The number of phenolic OH excluding ortho intramolecular Hbond substituents is 10. The van der Waals surface area contributed by atoms with Crippen molar-refractivity contribution in [1.82, 2.24) is 47.8 Å². The van der Waals surface area contributed by atoms with E-state index in [0.29, 0.717) is 105 Å². The fourth-order valence-electron chi connectivity index (χ4n) is 15.8. The Kier molecular flexibility index (Phi) is 36.4. The van der Waals surface area contributed by atoms with E-state index in [-0.39, 0.29) is 117 Å². The van der Waals surface area contributed by atoms with Crippen LogP contribution in [-0.2, 0) is 114 Å². The lowest BCUT2D eigenvalue weighted by Gasteiger charge is -2.24. The summed E-state index contributed by atoms with van der Waals surface area (Å²) in [4.78, 5) is 82.2. The van der Waals surface area contributed by atoms with E-state index in [1.54, 1.807) is 31.0 Å². The number of hydrogen-bond acceptors (Lipinski definition) is 25. The number of aromatic hydroxyl groups is 10.